The van der Waals surface area contributed by atoms with Crippen molar-refractivity contribution in [2.75, 3.05) is 0 Å². The molecule has 1 fully saturated rings. The Hall–Kier alpha value is -2.22. The number of hydrogen-bond donors (Lipinski definition) is 0. The van der Waals surface area contributed by atoms with Crippen LogP contribution in [-0.4, -0.2) is 6.88 Å². The van der Waals surface area contributed by atoms with Crippen LogP contribution in [0.2, 0.25) is 0 Å². The van der Waals surface area contributed by atoms with Crippen LogP contribution >= 0.6 is 24.8 Å². The molecule has 1 unspecified atom stereocenters. The van der Waals surface area contributed by atoms with E-state index in [1.54, 1.807) is 5.56 Å². The van der Waals surface area contributed by atoms with Gasteiger partial charge < -0.3 is 14.9 Å². The van der Waals surface area contributed by atoms with E-state index in [1.165, 1.54) is 122 Å². The van der Waals surface area contributed by atoms with Gasteiger partial charge in [-0.25, -0.2) is 0 Å². The van der Waals surface area contributed by atoms with Gasteiger partial charge in [0.1, 0.15) is 0 Å². The van der Waals surface area contributed by atoms with Crippen LogP contribution in [0.15, 0.2) is 109 Å². The van der Waals surface area contributed by atoms with E-state index >= 15 is 0 Å². The maximum absolute atomic E-state index is 3.06. The molecule has 0 amide bonds. The molecule has 7 rings (SSSR count). The SMILES string of the molecule is CC(C)(C)c1ccc(-c2cccc3[cH-]c(C4CCCCC4)cc23)cc1.CCc1cc2c(-c3ccc(C(C)CC)cc3)cccc2[cH-]1.Cl.Cl.[CH3-].[CH3-].[Si]=[Zr]. The Morgan fingerprint density at radius 2 is 1.19 bits per heavy atom. The molecule has 0 aliphatic heterocycles. The Balaban J connectivity index is 0.000000468. The minimum absolute atomic E-state index is 0. The number of benzene rings is 4. The van der Waals surface area contributed by atoms with Gasteiger partial charge in [0.25, 0.3) is 0 Å². The summed E-state index contributed by atoms with van der Waals surface area (Å²) in [4.78, 5) is 0. The van der Waals surface area contributed by atoms with E-state index in [0.717, 1.165) is 12.3 Å². The molecule has 0 aromatic heterocycles. The van der Waals surface area contributed by atoms with E-state index in [4.69, 9.17) is 0 Å². The molecule has 4 heteroatoms. The monoisotopic (exact) mass is 824 g/mol. The average molecular weight is 827 g/mol. The van der Waals surface area contributed by atoms with Gasteiger partial charge in [-0.15, -0.1) is 93.9 Å². The van der Waals surface area contributed by atoms with Crippen molar-refractivity contribution >= 4 is 53.2 Å². The Morgan fingerprint density at radius 3 is 1.69 bits per heavy atom. The summed E-state index contributed by atoms with van der Waals surface area (Å²) in [5, 5.41) is 5.56. The Labute approximate surface area is 346 Å². The molecule has 6 aromatic rings. The van der Waals surface area contributed by atoms with E-state index in [1.807, 2.05) is 0 Å². The number of hydrogen-bond acceptors (Lipinski definition) is 0. The van der Waals surface area contributed by atoms with E-state index in [-0.39, 0.29) is 45.1 Å². The van der Waals surface area contributed by atoms with Crippen LogP contribution in [0.1, 0.15) is 114 Å². The molecular formula is C48H60Cl2SiZr-4. The molecular weight excluding hydrogens is 767 g/mol. The molecule has 278 valence electrons. The van der Waals surface area contributed by atoms with Crippen molar-refractivity contribution in [1.82, 2.24) is 0 Å². The Morgan fingerprint density at radius 1 is 0.692 bits per heavy atom. The molecule has 0 N–H and O–H groups in total. The average Bonchev–Trinajstić information content (AvgIpc) is 3.77. The van der Waals surface area contributed by atoms with Crippen molar-refractivity contribution < 1.29 is 23.3 Å². The van der Waals surface area contributed by atoms with Crippen molar-refractivity contribution in [1.29, 1.82) is 0 Å². The predicted octanol–water partition coefficient (Wildman–Crippen LogP) is 15.2. The molecule has 1 atom stereocenters. The third-order valence-electron chi connectivity index (χ3n) is 10.5. The molecule has 0 heterocycles. The van der Waals surface area contributed by atoms with Gasteiger partial charge in [-0.3, -0.25) is 0 Å². The van der Waals surface area contributed by atoms with E-state index in [0.29, 0.717) is 5.92 Å². The molecule has 0 bridgehead atoms. The molecule has 1 saturated carbocycles. The summed E-state index contributed by atoms with van der Waals surface area (Å²) in [6.07, 6.45) is 9.24. The fourth-order valence-corrected chi connectivity index (χ4v) is 7.31. The zero-order chi connectivity index (χ0) is 34.3. The molecule has 0 nitrogen and oxygen atoms in total. The number of fused-ring (bicyclic) bond motifs is 2. The summed E-state index contributed by atoms with van der Waals surface area (Å²) >= 11 is 1.36. The minimum atomic E-state index is 0. The van der Waals surface area contributed by atoms with Crippen LogP contribution in [0.5, 0.6) is 0 Å². The summed E-state index contributed by atoms with van der Waals surface area (Å²) in [6.45, 7) is 16.6. The van der Waals surface area contributed by atoms with E-state index in [9.17, 15) is 0 Å². The first-order valence-corrected chi connectivity index (χ1v) is 22.3. The van der Waals surface area contributed by atoms with Crippen LogP contribution < -0.4 is 0 Å². The second-order valence-electron chi connectivity index (χ2n) is 14.7. The second-order valence-corrected chi connectivity index (χ2v) is 14.7. The van der Waals surface area contributed by atoms with Crippen molar-refractivity contribution in [2.45, 2.75) is 104 Å². The summed E-state index contributed by atoms with van der Waals surface area (Å²) in [6, 6.07) is 41.2. The van der Waals surface area contributed by atoms with Gasteiger partial charge >= 0.3 is 30.2 Å². The quantitative estimate of drug-likeness (QED) is 0.116. The van der Waals surface area contributed by atoms with Crippen molar-refractivity contribution in [3.05, 3.63) is 146 Å². The van der Waals surface area contributed by atoms with Gasteiger partial charge in [0.05, 0.1) is 0 Å². The molecule has 52 heavy (non-hydrogen) atoms. The van der Waals surface area contributed by atoms with Crippen molar-refractivity contribution in [3.8, 4) is 22.3 Å². The van der Waals surface area contributed by atoms with Gasteiger partial charge in [0.2, 0.25) is 0 Å². The van der Waals surface area contributed by atoms with Crippen LogP contribution in [-0.2, 0) is 35.2 Å². The van der Waals surface area contributed by atoms with Gasteiger partial charge in [-0.1, -0.05) is 133 Å². The first-order valence-electron chi connectivity index (χ1n) is 18.1. The van der Waals surface area contributed by atoms with Crippen LogP contribution in [0.3, 0.4) is 0 Å². The first-order chi connectivity index (χ1) is 23.2. The summed E-state index contributed by atoms with van der Waals surface area (Å²) in [5.74, 6) is 1.41. The van der Waals surface area contributed by atoms with Crippen LogP contribution in [0, 0.1) is 14.9 Å². The molecule has 1 aliphatic rings. The Bertz CT molecular complexity index is 1900. The van der Waals surface area contributed by atoms with Gasteiger partial charge in [0.15, 0.2) is 0 Å². The van der Waals surface area contributed by atoms with Gasteiger partial charge in [-0.2, -0.15) is 12.1 Å². The molecule has 6 aromatic carbocycles. The summed E-state index contributed by atoms with van der Waals surface area (Å²) in [7, 11) is 0. The third-order valence-corrected chi connectivity index (χ3v) is 10.5. The van der Waals surface area contributed by atoms with Gasteiger partial charge in [0, 0.05) is 0 Å². The van der Waals surface area contributed by atoms with E-state index < -0.39 is 0 Å². The fraction of sp³-hybridized carbons (Fsp3) is 0.333. The van der Waals surface area contributed by atoms with E-state index in [2.05, 4.69) is 158 Å². The fourth-order valence-electron chi connectivity index (χ4n) is 7.31. The van der Waals surface area contributed by atoms with Crippen molar-refractivity contribution in [3.63, 3.8) is 0 Å². The normalized spacial score (nSPS) is 13.1. The molecule has 2 radical (unpaired) electrons. The standard InChI is InChI=1S/C25H29.C21H23.2CH3.2ClH.Si.Zr/c1-25(2,3)22-14-12-19(13-15-22)23-11-7-10-20-16-21(17-24(20)23)18-8-5-4-6-9-18;1-4-15(3)17-9-11-18(12-10-17)20-8-6-7-19-13-16(5-2)14-21(19)20;;;;;;/h7,10-18H,4-6,8-9H2,1-3H3;6-15H,4-5H2,1-3H3;2*1H3;2*1H;;/q4*-1;;;;. The number of rotatable bonds is 6. The van der Waals surface area contributed by atoms with Crippen LogP contribution in [0.4, 0.5) is 0 Å². The topological polar surface area (TPSA) is 0 Å². The molecule has 1 aliphatic carbocycles. The molecule has 0 saturated heterocycles. The third kappa shape index (κ3) is 11.4. The van der Waals surface area contributed by atoms with Crippen molar-refractivity contribution in [2.24, 2.45) is 0 Å². The second kappa shape index (κ2) is 22.2. The zero-order valence-corrected chi connectivity index (χ0v) is 37.9. The molecule has 0 spiro atoms. The summed E-state index contributed by atoms with van der Waals surface area (Å²) in [5.41, 5.74) is 11.4. The predicted molar refractivity (Wildman–Crippen MR) is 236 cm³/mol. The number of aryl methyl sites for hydroxylation is 1. The maximum atomic E-state index is 3.06. The summed E-state index contributed by atoms with van der Waals surface area (Å²) < 4.78 is 0. The Kier molecular flexibility index (Phi) is 20.4. The van der Waals surface area contributed by atoms with Gasteiger partial charge in [-0.05, 0) is 65.2 Å². The van der Waals surface area contributed by atoms with Crippen LogP contribution in [0.25, 0.3) is 43.8 Å². The first kappa shape index (κ1) is 47.8. The number of halogens is 2. The zero-order valence-electron chi connectivity index (χ0n) is 32.8.